The van der Waals surface area contributed by atoms with Crippen LogP contribution in [0.4, 0.5) is 0 Å². The Morgan fingerprint density at radius 2 is 1.78 bits per heavy atom. The molecule has 0 saturated carbocycles. The highest BCUT2D eigenvalue weighted by Crippen LogP contribution is 2.08. The minimum absolute atomic E-state index is 0.178. The molecule has 0 aromatic carbocycles. The van der Waals surface area contributed by atoms with Crippen LogP contribution in [-0.2, 0) is 9.59 Å². The van der Waals surface area contributed by atoms with Crippen LogP contribution in [0.25, 0.3) is 0 Å². The molecule has 0 unspecified atom stereocenters. The van der Waals surface area contributed by atoms with Gasteiger partial charge >= 0.3 is 0 Å². The maximum atomic E-state index is 11.2. The number of nitrogens with zero attached hydrogens (tertiary/aromatic N) is 1. The average Bonchev–Trinajstić information content (AvgIpc) is 2.32. The van der Waals surface area contributed by atoms with Crippen LogP contribution in [0.5, 0.6) is 0 Å². The SMILES string of the molecule is C=CC(=O)NCN(C)CCC(C)(C)NC(=O)C=C. The van der Waals surface area contributed by atoms with Gasteiger partial charge in [-0.2, -0.15) is 0 Å². The van der Waals surface area contributed by atoms with Crippen LogP contribution >= 0.6 is 0 Å². The van der Waals surface area contributed by atoms with Gasteiger partial charge in [0, 0.05) is 12.1 Å². The first-order chi connectivity index (χ1) is 8.30. The first-order valence-electron chi connectivity index (χ1n) is 5.84. The third-order valence-electron chi connectivity index (χ3n) is 2.47. The van der Waals surface area contributed by atoms with E-state index in [2.05, 4.69) is 23.8 Å². The monoisotopic (exact) mass is 253 g/mol. The topological polar surface area (TPSA) is 61.4 Å². The summed E-state index contributed by atoms with van der Waals surface area (Å²) in [7, 11) is 1.90. The van der Waals surface area contributed by atoms with Crippen LogP contribution in [0.1, 0.15) is 20.3 Å². The summed E-state index contributed by atoms with van der Waals surface area (Å²) >= 11 is 0. The molecule has 2 amide bonds. The Morgan fingerprint density at radius 1 is 1.22 bits per heavy atom. The van der Waals surface area contributed by atoms with Crippen LogP contribution in [-0.4, -0.2) is 42.5 Å². The molecule has 0 saturated heterocycles. The lowest BCUT2D eigenvalue weighted by Gasteiger charge is -2.28. The van der Waals surface area contributed by atoms with Crippen molar-refractivity contribution in [3.8, 4) is 0 Å². The van der Waals surface area contributed by atoms with Gasteiger partial charge in [-0.1, -0.05) is 13.2 Å². The number of carbonyl (C=O) groups is 2. The quantitative estimate of drug-likeness (QED) is 0.493. The van der Waals surface area contributed by atoms with E-state index in [0.29, 0.717) is 6.67 Å². The Bertz CT molecular complexity index is 324. The highest BCUT2D eigenvalue weighted by Gasteiger charge is 2.19. The van der Waals surface area contributed by atoms with E-state index in [1.165, 1.54) is 12.2 Å². The smallest absolute Gasteiger partial charge is 0.244 e. The van der Waals surface area contributed by atoms with Crippen LogP contribution in [0.15, 0.2) is 25.3 Å². The average molecular weight is 253 g/mol. The van der Waals surface area contributed by atoms with Gasteiger partial charge < -0.3 is 10.6 Å². The molecule has 0 spiro atoms. The molecule has 2 N–H and O–H groups in total. The van der Waals surface area contributed by atoms with Gasteiger partial charge in [0.25, 0.3) is 0 Å². The van der Waals surface area contributed by atoms with E-state index >= 15 is 0 Å². The Balaban J connectivity index is 3.99. The van der Waals surface area contributed by atoms with Gasteiger partial charge in [0.15, 0.2) is 0 Å². The molecule has 0 bridgehead atoms. The molecule has 0 aromatic rings. The van der Waals surface area contributed by atoms with Crippen molar-refractivity contribution in [3.63, 3.8) is 0 Å². The highest BCUT2D eigenvalue weighted by molar-refractivity contribution is 5.87. The predicted molar refractivity (Wildman–Crippen MR) is 72.9 cm³/mol. The van der Waals surface area contributed by atoms with Gasteiger partial charge in [0.1, 0.15) is 0 Å². The van der Waals surface area contributed by atoms with Crippen LogP contribution in [0, 0.1) is 0 Å². The molecular weight excluding hydrogens is 230 g/mol. The van der Waals surface area contributed by atoms with Gasteiger partial charge in [-0.3, -0.25) is 14.5 Å². The molecule has 0 aliphatic heterocycles. The summed E-state index contributed by atoms with van der Waals surface area (Å²) in [6.07, 6.45) is 3.27. The van der Waals surface area contributed by atoms with Crippen molar-refractivity contribution in [2.24, 2.45) is 0 Å². The summed E-state index contributed by atoms with van der Waals surface area (Å²) in [5.74, 6) is -0.372. The van der Waals surface area contributed by atoms with Gasteiger partial charge in [-0.25, -0.2) is 0 Å². The second kappa shape index (κ2) is 7.66. The summed E-state index contributed by atoms with van der Waals surface area (Å²) in [6, 6.07) is 0. The summed E-state index contributed by atoms with van der Waals surface area (Å²) < 4.78 is 0. The van der Waals surface area contributed by atoms with Crippen LogP contribution in [0.2, 0.25) is 0 Å². The van der Waals surface area contributed by atoms with E-state index in [-0.39, 0.29) is 17.4 Å². The zero-order valence-corrected chi connectivity index (χ0v) is 11.5. The lowest BCUT2D eigenvalue weighted by Crippen LogP contribution is -2.45. The lowest BCUT2D eigenvalue weighted by atomic mass is 10.0. The Morgan fingerprint density at radius 3 is 2.28 bits per heavy atom. The fourth-order valence-electron chi connectivity index (χ4n) is 1.28. The number of hydrogen-bond donors (Lipinski definition) is 2. The number of hydrogen-bond acceptors (Lipinski definition) is 3. The van der Waals surface area contributed by atoms with E-state index in [9.17, 15) is 9.59 Å². The maximum Gasteiger partial charge on any atom is 0.244 e. The maximum absolute atomic E-state index is 11.2. The van der Waals surface area contributed by atoms with E-state index in [0.717, 1.165) is 13.0 Å². The van der Waals surface area contributed by atoms with Crippen LogP contribution in [0.3, 0.4) is 0 Å². The van der Waals surface area contributed by atoms with Gasteiger partial charge in [-0.05, 0) is 39.5 Å². The number of nitrogens with one attached hydrogen (secondary N) is 2. The zero-order valence-electron chi connectivity index (χ0n) is 11.5. The molecular formula is C13H23N3O2. The number of carbonyl (C=O) groups excluding carboxylic acids is 2. The summed E-state index contributed by atoms with van der Waals surface area (Å²) in [4.78, 5) is 24.2. The first-order valence-corrected chi connectivity index (χ1v) is 5.84. The molecule has 0 atom stereocenters. The third kappa shape index (κ3) is 7.62. The second-order valence-electron chi connectivity index (χ2n) is 4.81. The van der Waals surface area contributed by atoms with Crippen molar-refractivity contribution in [3.05, 3.63) is 25.3 Å². The zero-order chi connectivity index (χ0) is 14.2. The van der Waals surface area contributed by atoms with E-state index in [1.54, 1.807) is 0 Å². The van der Waals surface area contributed by atoms with Crippen molar-refractivity contribution >= 4 is 11.8 Å². The van der Waals surface area contributed by atoms with Gasteiger partial charge in [0.05, 0.1) is 6.67 Å². The molecule has 0 aromatic heterocycles. The fourth-order valence-corrected chi connectivity index (χ4v) is 1.28. The second-order valence-corrected chi connectivity index (χ2v) is 4.81. The fraction of sp³-hybridized carbons (Fsp3) is 0.538. The summed E-state index contributed by atoms with van der Waals surface area (Å²) in [5, 5.41) is 5.54. The normalized spacial score (nSPS) is 10.9. The molecule has 5 heteroatoms. The summed E-state index contributed by atoms with van der Waals surface area (Å²) in [6.45, 7) is 11.9. The highest BCUT2D eigenvalue weighted by atomic mass is 16.2. The molecule has 0 aliphatic rings. The van der Waals surface area contributed by atoms with Gasteiger partial charge in [-0.15, -0.1) is 0 Å². The summed E-state index contributed by atoms with van der Waals surface area (Å²) in [5.41, 5.74) is -0.304. The number of amides is 2. The van der Waals surface area contributed by atoms with Crippen molar-refractivity contribution in [1.29, 1.82) is 0 Å². The molecule has 0 aliphatic carbocycles. The Labute approximate surface area is 109 Å². The molecule has 0 radical (unpaired) electrons. The van der Waals surface area contributed by atoms with E-state index < -0.39 is 0 Å². The third-order valence-corrected chi connectivity index (χ3v) is 2.47. The van der Waals surface area contributed by atoms with Gasteiger partial charge in [0.2, 0.25) is 11.8 Å². The van der Waals surface area contributed by atoms with Crippen molar-refractivity contribution in [2.75, 3.05) is 20.3 Å². The van der Waals surface area contributed by atoms with Crippen molar-refractivity contribution in [1.82, 2.24) is 15.5 Å². The molecule has 5 nitrogen and oxygen atoms in total. The minimum Gasteiger partial charge on any atom is -0.348 e. The molecule has 18 heavy (non-hydrogen) atoms. The first kappa shape index (κ1) is 16.4. The largest absolute Gasteiger partial charge is 0.348 e. The molecule has 0 rings (SSSR count). The predicted octanol–water partition coefficient (Wildman–Crippen LogP) is 0.649. The lowest BCUT2D eigenvalue weighted by molar-refractivity contribution is -0.118. The number of rotatable bonds is 8. The van der Waals surface area contributed by atoms with Crippen molar-refractivity contribution in [2.45, 2.75) is 25.8 Å². The minimum atomic E-state index is -0.304. The van der Waals surface area contributed by atoms with Crippen molar-refractivity contribution < 1.29 is 9.59 Å². The van der Waals surface area contributed by atoms with E-state index in [1.807, 2.05) is 25.8 Å². The Kier molecular flexibility index (Phi) is 6.97. The molecule has 102 valence electrons. The standard InChI is InChI=1S/C13H23N3O2/c1-6-11(17)14-10-16(5)9-8-13(3,4)15-12(18)7-2/h6-7H,1-2,8-10H2,3-5H3,(H,14,17)(H,15,18). The van der Waals surface area contributed by atoms with E-state index in [4.69, 9.17) is 0 Å². The molecule has 0 heterocycles. The Hall–Kier alpha value is -1.62. The molecule has 0 fully saturated rings. The van der Waals surface area contributed by atoms with Crippen LogP contribution < -0.4 is 10.6 Å².